The summed E-state index contributed by atoms with van der Waals surface area (Å²) < 4.78 is 84.5. The van der Waals surface area contributed by atoms with E-state index in [1.54, 1.807) is 6.26 Å². The van der Waals surface area contributed by atoms with Gasteiger partial charge in [-0.2, -0.15) is 36.3 Å². The average Bonchev–Trinajstić information content (AvgIpc) is 3.23. The lowest BCUT2D eigenvalue weighted by atomic mass is 10.1. The summed E-state index contributed by atoms with van der Waals surface area (Å²) in [6.07, 6.45) is -5.56. The molecule has 0 fully saturated rings. The third kappa shape index (κ3) is 4.66. The van der Waals surface area contributed by atoms with E-state index >= 15 is 0 Å². The maximum absolute atomic E-state index is 13.0. The fourth-order valence-corrected chi connectivity index (χ4v) is 3.23. The predicted molar refractivity (Wildman–Crippen MR) is 108 cm³/mol. The van der Waals surface area contributed by atoms with E-state index in [0.717, 1.165) is 41.1 Å². The van der Waals surface area contributed by atoms with Gasteiger partial charge in [0.05, 0.1) is 5.56 Å². The normalized spacial score (nSPS) is 12.2. The van der Waals surface area contributed by atoms with Gasteiger partial charge in [0, 0.05) is 18.0 Å². The minimum Gasteiger partial charge on any atom is -0.432 e. The van der Waals surface area contributed by atoms with Crippen molar-refractivity contribution in [2.24, 2.45) is 0 Å². The number of hydrogen-bond donors (Lipinski definition) is 0. The van der Waals surface area contributed by atoms with Gasteiger partial charge in [0.1, 0.15) is 10.7 Å². The Kier molecular flexibility index (Phi) is 5.93. The number of benzene rings is 1. The number of aromatic nitrogens is 5. The molecule has 0 aliphatic heterocycles. The van der Waals surface area contributed by atoms with Crippen LogP contribution >= 0.6 is 11.8 Å². The molecule has 0 saturated heterocycles. The average molecular weight is 499 g/mol. The number of rotatable bonds is 4. The van der Waals surface area contributed by atoms with Crippen molar-refractivity contribution in [2.45, 2.75) is 17.4 Å². The minimum atomic E-state index is -4.84. The second kappa shape index (κ2) is 8.59. The molecule has 0 saturated carbocycles. The molecule has 1 aromatic carbocycles. The van der Waals surface area contributed by atoms with E-state index in [4.69, 9.17) is 4.42 Å². The zero-order valence-electron chi connectivity index (χ0n) is 16.8. The van der Waals surface area contributed by atoms with Gasteiger partial charge >= 0.3 is 18.0 Å². The van der Waals surface area contributed by atoms with Gasteiger partial charge in [-0.15, -0.1) is 11.8 Å². The number of thioether (sulfide) groups is 1. The Morgan fingerprint density at radius 1 is 0.912 bits per heavy atom. The standard InChI is InChI=1S/C20H11F6N5O2S/c1-34-13-7-9-31(18(32)29-13)15-14(10-2-4-11(5-3-10)19(21,22)23)33-16(30-15)12-6-8-27-17(28-12)20(24,25)26/h2-9H,1H3. The molecule has 0 aliphatic carbocycles. The Morgan fingerprint density at radius 2 is 1.62 bits per heavy atom. The van der Waals surface area contributed by atoms with E-state index < -0.39 is 35.3 Å². The number of nitrogens with zero attached hydrogens (tertiary/aromatic N) is 5. The molecular formula is C20H11F6N5O2S. The van der Waals surface area contributed by atoms with Crippen LogP contribution in [0.15, 0.2) is 63.0 Å². The molecule has 3 aromatic heterocycles. The molecule has 4 rings (SSSR count). The third-order valence-electron chi connectivity index (χ3n) is 4.43. The summed E-state index contributed by atoms with van der Waals surface area (Å²) in [4.78, 5) is 27.1. The van der Waals surface area contributed by atoms with E-state index in [9.17, 15) is 31.1 Å². The molecule has 0 bridgehead atoms. The van der Waals surface area contributed by atoms with Gasteiger partial charge in [0.25, 0.3) is 0 Å². The predicted octanol–water partition coefficient (Wildman–Crippen LogP) is 5.10. The maximum atomic E-state index is 13.0. The van der Waals surface area contributed by atoms with E-state index in [1.165, 1.54) is 24.0 Å². The molecule has 14 heteroatoms. The van der Waals surface area contributed by atoms with Gasteiger partial charge in [0.15, 0.2) is 11.6 Å². The Balaban J connectivity index is 1.90. The highest BCUT2D eigenvalue weighted by Gasteiger charge is 2.35. The van der Waals surface area contributed by atoms with Gasteiger partial charge in [-0.05, 0) is 30.5 Å². The van der Waals surface area contributed by atoms with Crippen molar-refractivity contribution in [1.82, 2.24) is 24.5 Å². The number of hydrogen-bond acceptors (Lipinski definition) is 7. The van der Waals surface area contributed by atoms with Gasteiger partial charge in [-0.3, -0.25) is 0 Å². The molecule has 0 spiro atoms. The molecule has 0 unspecified atom stereocenters. The van der Waals surface area contributed by atoms with E-state index in [2.05, 4.69) is 19.9 Å². The lowest BCUT2D eigenvalue weighted by Crippen LogP contribution is -2.21. The summed E-state index contributed by atoms with van der Waals surface area (Å²) in [5.41, 5.74) is -1.96. The van der Waals surface area contributed by atoms with E-state index in [0.29, 0.717) is 5.03 Å². The molecule has 34 heavy (non-hydrogen) atoms. The first-order valence-electron chi connectivity index (χ1n) is 9.20. The van der Waals surface area contributed by atoms with Gasteiger partial charge < -0.3 is 4.42 Å². The summed E-state index contributed by atoms with van der Waals surface area (Å²) in [7, 11) is 0. The van der Waals surface area contributed by atoms with Crippen LogP contribution in [0.3, 0.4) is 0 Å². The second-order valence-corrected chi connectivity index (χ2v) is 7.46. The maximum Gasteiger partial charge on any atom is 0.451 e. The fourth-order valence-electron chi connectivity index (χ4n) is 2.86. The number of halogens is 6. The molecule has 7 nitrogen and oxygen atoms in total. The van der Waals surface area contributed by atoms with Crippen LogP contribution in [0.2, 0.25) is 0 Å². The molecule has 0 aliphatic rings. The lowest BCUT2D eigenvalue weighted by molar-refractivity contribution is -0.145. The Morgan fingerprint density at radius 3 is 2.21 bits per heavy atom. The molecule has 0 N–H and O–H groups in total. The molecule has 176 valence electrons. The van der Waals surface area contributed by atoms with Gasteiger partial charge in [0.2, 0.25) is 11.7 Å². The first-order valence-corrected chi connectivity index (χ1v) is 10.4. The number of oxazole rings is 1. The van der Waals surface area contributed by atoms with Crippen LogP contribution in [-0.4, -0.2) is 30.8 Å². The van der Waals surface area contributed by atoms with E-state index in [-0.39, 0.29) is 22.8 Å². The monoisotopic (exact) mass is 499 g/mol. The molecule has 0 radical (unpaired) electrons. The zero-order chi connectivity index (χ0) is 24.7. The Bertz CT molecular complexity index is 1400. The fraction of sp³-hybridized carbons (Fsp3) is 0.150. The van der Waals surface area contributed by atoms with Crippen LogP contribution in [0.25, 0.3) is 28.7 Å². The van der Waals surface area contributed by atoms with Crippen molar-refractivity contribution in [3.8, 4) is 28.7 Å². The summed E-state index contributed by atoms with van der Waals surface area (Å²) in [6, 6.07) is 6.37. The van der Waals surface area contributed by atoms with Crippen molar-refractivity contribution in [3.63, 3.8) is 0 Å². The summed E-state index contributed by atoms with van der Waals surface area (Å²) in [5.74, 6) is -2.20. The third-order valence-corrected chi connectivity index (χ3v) is 5.07. The highest BCUT2D eigenvalue weighted by Crippen LogP contribution is 2.35. The van der Waals surface area contributed by atoms with Crippen molar-refractivity contribution in [1.29, 1.82) is 0 Å². The molecule has 4 aromatic rings. The SMILES string of the molecule is CSc1ccn(-c2nc(-c3ccnc(C(F)(F)F)n3)oc2-c2ccc(C(F)(F)F)cc2)c(=O)n1. The van der Waals surface area contributed by atoms with Gasteiger partial charge in [-0.1, -0.05) is 12.1 Å². The minimum absolute atomic E-state index is 0.0905. The van der Waals surface area contributed by atoms with Crippen molar-refractivity contribution < 1.29 is 30.8 Å². The summed E-state index contributed by atoms with van der Waals surface area (Å²) in [6.45, 7) is 0. The quantitative estimate of drug-likeness (QED) is 0.219. The number of alkyl halides is 6. The Labute approximate surface area is 190 Å². The zero-order valence-corrected chi connectivity index (χ0v) is 17.7. The van der Waals surface area contributed by atoms with E-state index in [1.807, 2.05) is 0 Å². The van der Waals surface area contributed by atoms with Crippen LogP contribution < -0.4 is 5.69 Å². The van der Waals surface area contributed by atoms with Crippen LogP contribution in [0.4, 0.5) is 26.3 Å². The van der Waals surface area contributed by atoms with Crippen molar-refractivity contribution >= 4 is 11.8 Å². The second-order valence-electron chi connectivity index (χ2n) is 6.63. The van der Waals surface area contributed by atoms with Crippen LogP contribution in [-0.2, 0) is 12.4 Å². The van der Waals surface area contributed by atoms with Crippen LogP contribution in [0, 0.1) is 0 Å². The van der Waals surface area contributed by atoms with Gasteiger partial charge in [-0.25, -0.2) is 19.3 Å². The highest BCUT2D eigenvalue weighted by molar-refractivity contribution is 7.98. The topological polar surface area (TPSA) is 86.7 Å². The Hall–Kier alpha value is -3.68. The van der Waals surface area contributed by atoms with Crippen LogP contribution in [0.5, 0.6) is 0 Å². The molecule has 0 atom stereocenters. The smallest absolute Gasteiger partial charge is 0.432 e. The van der Waals surface area contributed by atoms with Crippen molar-refractivity contribution in [2.75, 3.05) is 6.26 Å². The first kappa shape index (κ1) is 23.5. The first-order chi connectivity index (χ1) is 16.0. The summed E-state index contributed by atoms with van der Waals surface area (Å²) in [5, 5.41) is 0.395. The molecular weight excluding hydrogens is 488 g/mol. The molecule has 3 heterocycles. The molecule has 0 amide bonds. The largest absolute Gasteiger partial charge is 0.451 e. The van der Waals surface area contributed by atoms with Crippen LogP contribution in [0.1, 0.15) is 11.4 Å². The summed E-state index contributed by atoms with van der Waals surface area (Å²) >= 11 is 1.20. The lowest BCUT2D eigenvalue weighted by Gasteiger charge is -2.08. The van der Waals surface area contributed by atoms with Crippen molar-refractivity contribution in [3.05, 3.63) is 70.7 Å². The highest BCUT2D eigenvalue weighted by atomic mass is 32.2.